The zero-order chi connectivity index (χ0) is 16.6. The van der Waals surface area contributed by atoms with Crippen LogP contribution < -0.4 is 5.32 Å². The van der Waals surface area contributed by atoms with Gasteiger partial charge in [-0.05, 0) is 19.1 Å². The molecule has 0 atom stereocenters. The van der Waals surface area contributed by atoms with E-state index in [-0.39, 0.29) is 11.9 Å². The van der Waals surface area contributed by atoms with Gasteiger partial charge in [-0.25, -0.2) is 9.78 Å². The molecule has 0 bridgehead atoms. The Balaban J connectivity index is 1.58. The van der Waals surface area contributed by atoms with Crippen LogP contribution >= 0.6 is 0 Å². The Bertz CT molecular complexity index is 698. The summed E-state index contributed by atoms with van der Waals surface area (Å²) >= 11 is 0. The van der Waals surface area contributed by atoms with E-state index in [9.17, 15) is 4.79 Å². The number of nitrogens with one attached hydrogen (secondary N) is 1. The van der Waals surface area contributed by atoms with E-state index < -0.39 is 0 Å². The number of nitrogens with zero attached hydrogens (tertiary/aromatic N) is 4. The summed E-state index contributed by atoms with van der Waals surface area (Å²) in [6, 6.07) is 7.75. The van der Waals surface area contributed by atoms with Gasteiger partial charge in [0, 0.05) is 31.7 Å². The summed E-state index contributed by atoms with van der Waals surface area (Å²) in [7, 11) is 1.92. The van der Waals surface area contributed by atoms with Crippen LogP contribution in [0.2, 0.25) is 0 Å². The first-order valence-corrected chi connectivity index (χ1v) is 7.97. The molecule has 0 spiro atoms. The Morgan fingerprint density at radius 1 is 1.26 bits per heavy atom. The van der Waals surface area contributed by atoms with Crippen molar-refractivity contribution in [2.45, 2.75) is 32.6 Å². The molecule has 2 amide bonds. The van der Waals surface area contributed by atoms with Crippen molar-refractivity contribution in [3.05, 3.63) is 41.5 Å². The van der Waals surface area contributed by atoms with Crippen LogP contribution in [0, 0.1) is 6.92 Å². The topological polar surface area (TPSA) is 63.1 Å². The van der Waals surface area contributed by atoms with Gasteiger partial charge in [0.05, 0.1) is 5.92 Å². The number of aryl methyl sites for hydroxylation is 2. The average Bonchev–Trinajstić information content (AvgIpc) is 2.82. The van der Waals surface area contributed by atoms with Gasteiger partial charge in [0.25, 0.3) is 0 Å². The molecule has 6 nitrogen and oxygen atoms in total. The number of hydrogen-bond donors (Lipinski definition) is 1. The smallest absolute Gasteiger partial charge is 0.321 e. The molecule has 1 aromatic heterocycles. The van der Waals surface area contributed by atoms with Crippen molar-refractivity contribution in [3.8, 4) is 0 Å². The Morgan fingerprint density at radius 2 is 1.91 bits per heavy atom. The van der Waals surface area contributed by atoms with Crippen molar-refractivity contribution < 1.29 is 4.79 Å². The van der Waals surface area contributed by atoms with Crippen molar-refractivity contribution in [2.75, 3.05) is 18.4 Å². The van der Waals surface area contributed by atoms with Crippen molar-refractivity contribution in [3.63, 3.8) is 0 Å². The summed E-state index contributed by atoms with van der Waals surface area (Å²) in [5, 5.41) is 7.37. The molecule has 0 unspecified atom stereocenters. The molecule has 1 saturated heterocycles. The molecule has 2 heterocycles. The van der Waals surface area contributed by atoms with E-state index in [2.05, 4.69) is 29.2 Å². The number of benzene rings is 1. The summed E-state index contributed by atoms with van der Waals surface area (Å²) in [6.07, 6.45) is 0. The molecule has 122 valence electrons. The van der Waals surface area contributed by atoms with Crippen molar-refractivity contribution in [1.82, 2.24) is 19.7 Å². The summed E-state index contributed by atoms with van der Waals surface area (Å²) in [5.41, 5.74) is 2.00. The molecule has 2 aromatic rings. The van der Waals surface area contributed by atoms with Gasteiger partial charge in [0.2, 0.25) is 0 Å². The van der Waals surface area contributed by atoms with Gasteiger partial charge in [-0.3, -0.25) is 4.68 Å². The number of aromatic nitrogens is 3. The van der Waals surface area contributed by atoms with Gasteiger partial charge in [0.1, 0.15) is 5.82 Å². The predicted molar refractivity (Wildman–Crippen MR) is 89.6 cm³/mol. The van der Waals surface area contributed by atoms with Crippen LogP contribution in [0.1, 0.15) is 42.9 Å². The van der Waals surface area contributed by atoms with Crippen LogP contribution in [0.15, 0.2) is 24.3 Å². The first-order chi connectivity index (χ1) is 10.9. The number of hydrogen-bond acceptors (Lipinski definition) is 3. The van der Waals surface area contributed by atoms with E-state index in [0.29, 0.717) is 19.0 Å². The minimum atomic E-state index is -0.0589. The molecule has 1 aromatic carbocycles. The third-order valence-corrected chi connectivity index (χ3v) is 4.17. The highest BCUT2D eigenvalue weighted by atomic mass is 16.2. The first kappa shape index (κ1) is 15.5. The largest absolute Gasteiger partial charge is 0.323 e. The van der Waals surface area contributed by atoms with E-state index >= 15 is 0 Å². The third-order valence-electron chi connectivity index (χ3n) is 4.17. The second-order valence-corrected chi connectivity index (χ2v) is 6.50. The molecule has 23 heavy (non-hydrogen) atoms. The zero-order valence-electron chi connectivity index (χ0n) is 14.1. The van der Waals surface area contributed by atoms with E-state index in [1.165, 1.54) is 5.56 Å². The minimum Gasteiger partial charge on any atom is -0.323 e. The minimum absolute atomic E-state index is 0.0589. The summed E-state index contributed by atoms with van der Waals surface area (Å²) in [5.74, 6) is 2.41. The highest BCUT2D eigenvalue weighted by Crippen LogP contribution is 2.27. The van der Waals surface area contributed by atoms with Crippen LogP contribution in [0.5, 0.6) is 0 Å². The van der Waals surface area contributed by atoms with Crippen LogP contribution in [-0.4, -0.2) is 38.8 Å². The molecule has 6 heteroatoms. The number of urea groups is 1. The molecular weight excluding hydrogens is 290 g/mol. The summed E-state index contributed by atoms with van der Waals surface area (Å²) in [6.45, 7) is 7.56. The van der Waals surface area contributed by atoms with E-state index in [4.69, 9.17) is 0 Å². The molecule has 0 radical (unpaired) electrons. The molecule has 3 rings (SSSR count). The highest BCUT2D eigenvalue weighted by Gasteiger charge is 2.35. The fraction of sp³-hybridized carbons (Fsp3) is 0.471. The van der Waals surface area contributed by atoms with Gasteiger partial charge < -0.3 is 10.2 Å². The lowest BCUT2D eigenvalue weighted by molar-refractivity contribution is 0.159. The normalized spacial score (nSPS) is 14.9. The second-order valence-electron chi connectivity index (χ2n) is 6.50. The molecule has 1 N–H and O–H groups in total. The average molecular weight is 313 g/mol. The number of likely N-dealkylation sites (tertiary alicyclic amines) is 1. The van der Waals surface area contributed by atoms with Crippen LogP contribution in [0.3, 0.4) is 0 Å². The first-order valence-electron chi connectivity index (χ1n) is 7.97. The number of amides is 2. The lowest BCUT2D eigenvalue weighted by atomic mass is 10.00. The lowest BCUT2D eigenvalue weighted by Crippen LogP contribution is -2.51. The summed E-state index contributed by atoms with van der Waals surface area (Å²) < 4.78 is 1.84. The van der Waals surface area contributed by atoms with E-state index in [1.54, 1.807) is 4.90 Å². The Hall–Kier alpha value is -2.37. The maximum absolute atomic E-state index is 12.2. The maximum atomic E-state index is 12.2. The van der Waals surface area contributed by atoms with Crippen LogP contribution in [0.25, 0.3) is 0 Å². The van der Waals surface area contributed by atoms with Crippen molar-refractivity contribution >= 4 is 11.7 Å². The summed E-state index contributed by atoms with van der Waals surface area (Å²) in [4.78, 5) is 18.6. The van der Waals surface area contributed by atoms with Crippen molar-refractivity contribution in [1.29, 1.82) is 0 Å². The quantitative estimate of drug-likeness (QED) is 0.947. The van der Waals surface area contributed by atoms with Gasteiger partial charge >= 0.3 is 6.03 Å². The van der Waals surface area contributed by atoms with E-state index in [0.717, 1.165) is 17.3 Å². The Labute approximate surface area is 136 Å². The SMILES string of the molecule is Cc1ccc(NC(=O)N2CC(c3nc(C(C)C)nn3C)C2)cc1. The van der Waals surface area contributed by atoms with Gasteiger partial charge in [-0.2, -0.15) is 5.10 Å². The zero-order valence-corrected chi connectivity index (χ0v) is 14.1. The Morgan fingerprint density at radius 3 is 2.48 bits per heavy atom. The number of rotatable bonds is 3. The van der Waals surface area contributed by atoms with Crippen LogP contribution in [0.4, 0.5) is 10.5 Å². The van der Waals surface area contributed by atoms with Crippen molar-refractivity contribution in [2.24, 2.45) is 7.05 Å². The molecular formula is C17H23N5O. The maximum Gasteiger partial charge on any atom is 0.321 e. The predicted octanol–water partition coefficient (Wildman–Crippen LogP) is 2.88. The third kappa shape index (κ3) is 3.21. The van der Waals surface area contributed by atoms with Gasteiger partial charge in [-0.15, -0.1) is 0 Å². The van der Waals surface area contributed by atoms with E-state index in [1.807, 2.05) is 42.9 Å². The fourth-order valence-electron chi connectivity index (χ4n) is 2.66. The van der Waals surface area contributed by atoms with Gasteiger partial charge in [0.15, 0.2) is 5.82 Å². The Kier molecular flexibility index (Phi) is 4.07. The highest BCUT2D eigenvalue weighted by molar-refractivity contribution is 5.90. The molecule has 1 aliphatic heterocycles. The fourth-order valence-corrected chi connectivity index (χ4v) is 2.66. The lowest BCUT2D eigenvalue weighted by Gasteiger charge is -2.38. The van der Waals surface area contributed by atoms with Crippen LogP contribution in [-0.2, 0) is 7.05 Å². The number of carbonyl (C=O) groups excluding carboxylic acids is 1. The monoisotopic (exact) mass is 313 g/mol. The molecule has 1 fully saturated rings. The van der Waals surface area contributed by atoms with Gasteiger partial charge in [-0.1, -0.05) is 31.5 Å². The molecule has 0 aliphatic carbocycles. The molecule has 1 aliphatic rings. The molecule has 0 saturated carbocycles. The number of anilines is 1. The number of carbonyl (C=O) groups is 1. The standard InChI is InChI=1S/C17H23N5O/c1-11(2)15-19-16(21(4)20-15)13-9-22(10-13)17(23)18-14-7-5-12(3)6-8-14/h5-8,11,13H,9-10H2,1-4H3,(H,18,23). The second kappa shape index (κ2) is 6.02.